The average Bonchev–Trinajstić information content (AvgIpc) is 2.25. The molecule has 1 amide bonds. The van der Waals surface area contributed by atoms with Crippen molar-refractivity contribution in [2.75, 3.05) is 6.54 Å². The fourth-order valence-corrected chi connectivity index (χ4v) is 1.38. The van der Waals surface area contributed by atoms with Gasteiger partial charge < -0.3 is 10.4 Å². The maximum absolute atomic E-state index is 11.7. The minimum atomic E-state index is -1.05. The number of benzene rings is 1. The molecular formula is C13H17NO3. The van der Waals surface area contributed by atoms with Crippen molar-refractivity contribution in [1.29, 1.82) is 0 Å². The van der Waals surface area contributed by atoms with E-state index in [-0.39, 0.29) is 17.9 Å². The monoisotopic (exact) mass is 235 g/mol. The van der Waals surface area contributed by atoms with Crippen LogP contribution in [0, 0.1) is 0 Å². The van der Waals surface area contributed by atoms with Gasteiger partial charge in [-0.2, -0.15) is 0 Å². The summed E-state index contributed by atoms with van der Waals surface area (Å²) in [5.74, 6) is -1.41. The molecule has 0 saturated heterocycles. The molecule has 92 valence electrons. The van der Waals surface area contributed by atoms with E-state index in [1.165, 1.54) is 0 Å². The van der Waals surface area contributed by atoms with E-state index < -0.39 is 5.97 Å². The van der Waals surface area contributed by atoms with E-state index in [1.807, 2.05) is 6.07 Å². The summed E-state index contributed by atoms with van der Waals surface area (Å²) in [6, 6.07) is 7.22. The van der Waals surface area contributed by atoms with Crippen molar-refractivity contribution in [3.05, 3.63) is 35.4 Å². The van der Waals surface area contributed by atoms with E-state index in [2.05, 4.69) is 26.1 Å². The van der Waals surface area contributed by atoms with Crippen LogP contribution >= 0.6 is 0 Å². The largest absolute Gasteiger partial charge is 0.480 e. The third-order valence-electron chi connectivity index (χ3n) is 2.39. The molecule has 1 aromatic carbocycles. The molecule has 0 aromatic heterocycles. The molecule has 0 radical (unpaired) electrons. The first-order valence-electron chi connectivity index (χ1n) is 5.41. The SMILES string of the molecule is CC(C)(C)c1cccc(C(=O)NCC(=O)O)c1. The van der Waals surface area contributed by atoms with Crippen LogP contribution in [-0.2, 0) is 10.2 Å². The van der Waals surface area contributed by atoms with Gasteiger partial charge >= 0.3 is 5.97 Å². The third kappa shape index (κ3) is 3.90. The van der Waals surface area contributed by atoms with Gasteiger partial charge in [-0.15, -0.1) is 0 Å². The molecule has 0 saturated carbocycles. The zero-order valence-electron chi connectivity index (χ0n) is 10.3. The third-order valence-corrected chi connectivity index (χ3v) is 2.39. The normalized spacial score (nSPS) is 11.0. The smallest absolute Gasteiger partial charge is 0.322 e. The van der Waals surface area contributed by atoms with Gasteiger partial charge in [-0.05, 0) is 23.1 Å². The van der Waals surface area contributed by atoms with E-state index in [1.54, 1.807) is 18.2 Å². The predicted octanol–water partition coefficient (Wildman–Crippen LogP) is 1.80. The first-order chi connectivity index (χ1) is 7.80. The van der Waals surface area contributed by atoms with Crippen molar-refractivity contribution in [2.24, 2.45) is 0 Å². The molecule has 1 aromatic rings. The Morgan fingerprint density at radius 1 is 1.29 bits per heavy atom. The van der Waals surface area contributed by atoms with Gasteiger partial charge in [-0.3, -0.25) is 9.59 Å². The number of aliphatic carboxylic acids is 1. The van der Waals surface area contributed by atoms with E-state index in [0.29, 0.717) is 5.56 Å². The van der Waals surface area contributed by atoms with Crippen LogP contribution in [0.1, 0.15) is 36.7 Å². The second-order valence-corrected chi connectivity index (χ2v) is 4.91. The molecule has 0 unspecified atom stereocenters. The van der Waals surface area contributed by atoms with Gasteiger partial charge in [0.15, 0.2) is 0 Å². The Hall–Kier alpha value is -1.84. The van der Waals surface area contributed by atoms with Gasteiger partial charge in [0.2, 0.25) is 0 Å². The average molecular weight is 235 g/mol. The first-order valence-corrected chi connectivity index (χ1v) is 5.41. The highest BCUT2D eigenvalue weighted by Gasteiger charge is 2.15. The Morgan fingerprint density at radius 3 is 2.47 bits per heavy atom. The second-order valence-electron chi connectivity index (χ2n) is 4.91. The lowest BCUT2D eigenvalue weighted by Gasteiger charge is -2.19. The number of hydrogen-bond donors (Lipinski definition) is 2. The minimum absolute atomic E-state index is 0.0386. The lowest BCUT2D eigenvalue weighted by atomic mass is 9.86. The van der Waals surface area contributed by atoms with Gasteiger partial charge in [0.25, 0.3) is 5.91 Å². The summed E-state index contributed by atoms with van der Waals surface area (Å²) in [6.45, 7) is 5.81. The van der Waals surface area contributed by atoms with Crippen molar-refractivity contribution in [3.8, 4) is 0 Å². The van der Waals surface area contributed by atoms with E-state index in [4.69, 9.17) is 5.11 Å². The quantitative estimate of drug-likeness (QED) is 0.839. The van der Waals surface area contributed by atoms with Gasteiger partial charge in [-0.25, -0.2) is 0 Å². The van der Waals surface area contributed by atoms with Gasteiger partial charge in [0, 0.05) is 5.56 Å². The number of carbonyl (C=O) groups is 2. The van der Waals surface area contributed by atoms with Crippen LogP contribution in [-0.4, -0.2) is 23.5 Å². The number of carbonyl (C=O) groups excluding carboxylic acids is 1. The van der Waals surface area contributed by atoms with Crippen molar-refractivity contribution in [2.45, 2.75) is 26.2 Å². The first kappa shape index (κ1) is 13.2. The topological polar surface area (TPSA) is 66.4 Å². The molecule has 0 aliphatic rings. The molecule has 0 fully saturated rings. The van der Waals surface area contributed by atoms with Crippen LogP contribution in [0.5, 0.6) is 0 Å². The van der Waals surface area contributed by atoms with Crippen molar-refractivity contribution in [1.82, 2.24) is 5.32 Å². The molecule has 0 atom stereocenters. The van der Waals surface area contributed by atoms with Gasteiger partial charge in [-0.1, -0.05) is 32.9 Å². The Kier molecular flexibility index (Phi) is 3.89. The Labute approximate surface area is 101 Å². The molecule has 2 N–H and O–H groups in total. The fourth-order valence-electron chi connectivity index (χ4n) is 1.38. The highest BCUT2D eigenvalue weighted by atomic mass is 16.4. The number of rotatable bonds is 3. The zero-order chi connectivity index (χ0) is 13.1. The van der Waals surface area contributed by atoms with Crippen LogP contribution in [0.4, 0.5) is 0 Å². The molecule has 1 rings (SSSR count). The molecule has 0 aliphatic carbocycles. The van der Waals surface area contributed by atoms with E-state index >= 15 is 0 Å². The Bertz CT molecular complexity index is 433. The summed E-state index contributed by atoms with van der Waals surface area (Å²) in [5.41, 5.74) is 1.49. The zero-order valence-corrected chi connectivity index (χ0v) is 10.3. The molecule has 17 heavy (non-hydrogen) atoms. The van der Waals surface area contributed by atoms with Crippen LogP contribution in [0.2, 0.25) is 0 Å². The molecule has 0 bridgehead atoms. The standard InChI is InChI=1S/C13H17NO3/c1-13(2,3)10-6-4-5-9(7-10)12(17)14-8-11(15)16/h4-7H,8H2,1-3H3,(H,14,17)(H,15,16). The van der Waals surface area contributed by atoms with E-state index in [9.17, 15) is 9.59 Å². The summed E-state index contributed by atoms with van der Waals surface area (Å²) in [4.78, 5) is 22.0. The summed E-state index contributed by atoms with van der Waals surface area (Å²) < 4.78 is 0. The number of amides is 1. The molecular weight excluding hydrogens is 218 g/mol. The fraction of sp³-hybridized carbons (Fsp3) is 0.385. The van der Waals surface area contributed by atoms with E-state index in [0.717, 1.165) is 5.56 Å². The van der Waals surface area contributed by atoms with Crippen molar-refractivity contribution < 1.29 is 14.7 Å². The molecule has 4 nitrogen and oxygen atoms in total. The predicted molar refractivity (Wildman–Crippen MR) is 65.1 cm³/mol. The summed E-state index contributed by atoms with van der Waals surface area (Å²) in [6.07, 6.45) is 0. The Balaban J connectivity index is 2.85. The molecule has 0 heterocycles. The second kappa shape index (κ2) is 4.99. The lowest BCUT2D eigenvalue weighted by molar-refractivity contribution is -0.135. The maximum Gasteiger partial charge on any atom is 0.322 e. The van der Waals surface area contributed by atoms with Crippen LogP contribution in [0.25, 0.3) is 0 Å². The van der Waals surface area contributed by atoms with Crippen LogP contribution in [0.3, 0.4) is 0 Å². The molecule has 4 heteroatoms. The lowest BCUT2D eigenvalue weighted by Crippen LogP contribution is -2.29. The van der Waals surface area contributed by atoms with Gasteiger partial charge in [0.05, 0.1) is 0 Å². The number of carboxylic acid groups (broad SMARTS) is 1. The molecule has 0 aliphatic heterocycles. The highest BCUT2D eigenvalue weighted by Crippen LogP contribution is 2.22. The van der Waals surface area contributed by atoms with Crippen molar-refractivity contribution >= 4 is 11.9 Å². The Morgan fingerprint density at radius 2 is 1.94 bits per heavy atom. The van der Waals surface area contributed by atoms with Crippen LogP contribution in [0.15, 0.2) is 24.3 Å². The number of hydrogen-bond acceptors (Lipinski definition) is 2. The number of carboxylic acids is 1. The maximum atomic E-state index is 11.7. The minimum Gasteiger partial charge on any atom is -0.480 e. The number of nitrogens with one attached hydrogen (secondary N) is 1. The summed E-state index contributed by atoms with van der Waals surface area (Å²) >= 11 is 0. The van der Waals surface area contributed by atoms with Crippen molar-refractivity contribution in [3.63, 3.8) is 0 Å². The summed E-state index contributed by atoms with van der Waals surface area (Å²) in [5, 5.41) is 10.8. The summed E-state index contributed by atoms with van der Waals surface area (Å²) in [7, 11) is 0. The van der Waals surface area contributed by atoms with Crippen LogP contribution < -0.4 is 5.32 Å². The van der Waals surface area contributed by atoms with Gasteiger partial charge in [0.1, 0.15) is 6.54 Å². The molecule has 0 spiro atoms. The highest BCUT2D eigenvalue weighted by molar-refractivity contribution is 5.95.